The second-order valence-electron chi connectivity index (χ2n) is 8.63. The molecule has 3 aromatic rings. The average molecular weight is 445 g/mol. The molecule has 0 saturated carbocycles. The van der Waals surface area contributed by atoms with Gasteiger partial charge in [-0.25, -0.2) is 4.79 Å². The number of carbonyl (C=O) groups is 2. The van der Waals surface area contributed by atoms with Gasteiger partial charge in [-0.3, -0.25) is 4.79 Å². The van der Waals surface area contributed by atoms with Crippen LogP contribution in [-0.4, -0.2) is 29.9 Å². The fourth-order valence-corrected chi connectivity index (χ4v) is 4.17. The molecule has 7 nitrogen and oxygen atoms in total. The number of hydrogen-bond acceptors (Lipinski definition) is 7. The normalized spacial score (nSPS) is 12.9. The molecule has 0 saturated heterocycles. The van der Waals surface area contributed by atoms with Gasteiger partial charge in [0.2, 0.25) is 5.91 Å². The molecule has 0 spiro atoms. The van der Waals surface area contributed by atoms with Crippen molar-refractivity contribution in [1.29, 1.82) is 0 Å². The van der Waals surface area contributed by atoms with E-state index >= 15 is 0 Å². The van der Waals surface area contributed by atoms with Gasteiger partial charge in [-0.1, -0.05) is 20.8 Å². The summed E-state index contributed by atoms with van der Waals surface area (Å²) < 4.78 is 11.2. The number of rotatable bonds is 7. The fourth-order valence-electron chi connectivity index (χ4n) is 3.62. The summed E-state index contributed by atoms with van der Waals surface area (Å²) >= 11 is 1.30. The number of hydrogen-bond donors (Lipinski definition) is 1. The minimum atomic E-state index is -1.33. The molecular formula is C23H26NO6S-. The second kappa shape index (κ2) is 8.78. The van der Waals surface area contributed by atoms with Gasteiger partial charge in [0.05, 0.1) is 18.3 Å². The van der Waals surface area contributed by atoms with Crippen molar-refractivity contribution in [3.05, 3.63) is 45.5 Å². The zero-order chi connectivity index (χ0) is 22.9. The van der Waals surface area contributed by atoms with E-state index in [0.29, 0.717) is 16.7 Å². The molecule has 166 valence electrons. The summed E-state index contributed by atoms with van der Waals surface area (Å²) in [6.45, 7) is 8.12. The Bertz CT molecular complexity index is 1200. The zero-order valence-electron chi connectivity index (χ0n) is 18.3. The van der Waals surface area contributed by atoms with Crippen LogP contribution in [0.5, 0.6) is 0 Å². The molecule has 0 unspecified atom stereocenters. The van der Waals surface area contributed by atoms with Crippen LogP contribution < -0.4 is 16.0 Å². The van der Waals surface area contributed by atoms with Crippen LogP contribution in [-0.2, 0) is 21.4 Å². The Balaban J connectivity index is 1.92. The van der Waals surface area contributed by atoms with Crippen LogP contribution in [0.15, 0.2) is 32.0 Å². The first kappa shape index (κ1) is 22.9. The molecule has 0 aliphatic rings. The molecule has 0 fully saturated rings. The maximum Gasteiger partial charge on any atom is 0.339 e. The summed E-state index contributed by atoms with van der Waals surface area (Å²) in [7, 11) is 0. The van der Waals surface area contributed by atoms with Crippen LogP contribution in [0.1, 0.15) is 43.9 Å². The smallest absolute Gasteiger partial charge is 0.339 e. The van der Waals surface area contributed by atoms with E-state index in [1.54, 1.807) is 18.6 Å². The third-order valence-corrected chi connectivity index (χ3v) is 6.01. The fraction of sp³-hybridized carbons (Fsp3) is 0.435. The van der Waals surface area contributed by atoms with Gasteiger partial charge in [-0.15, -0.1) is 0 Å². The summed E-state index contributed by atoms with van der Waals surface area (Å²) in [5.74, 6) is -1.58. The zero-order valence-corrected chi connectivity index (χ0v) is 19.1. The van der Waals surface area contributed by atoms with E-state index in [1.165, 1.54) is 11.8 Å². The molecule has 31 heavy (non-hydrogen) atoms. The second-order valence-corrected chi connectivity index (χ2v) is 9.54. The molecule has 1 N–H and O–H groups in total. The van der Waals surface area contributed by atoms with Crippen molar-refractivity contribution in [2.24, 2.45) is 0 Å². The first-order valence-corrected chi connectivity index (χ1v) is 11.4. The highest BCUT2D eigenvalue weighted by atomic mass is 32.2. The largest absolute Gasteiger partial charge is 0.548 e. The molecule has 2 aromatic heterocycles. The van der Waals surface area contributed by atoms with E-state index in [2.05, 4.69) is 26.1 Å². The number of furan rings is 1. The van der Waals surface area contributed by atoms with Crippen molar-refractivity contribution in [2.75, 3.05) is 12.0 Å². The van der Waals surface area contributed by atoms with Crippen molar-refractivity contribution in [3.8, 4) is 0 Å². The van der Waals surface area contributed by atoms with Crippen molar-refractivity contribution in [1.82, 2.24) is 5.32 Å². The predicted octanol–water partition coefficient (Wildman–Crippen LogP) is 2.68. The molecule has 2 heterocycles. The van der Waals surface area contributed by atoms with Crippen molar-refractivity contribution in [2.45, 2.75) is 52.0 Å². The van der Waals surface area contributed by atoms with Crippen LogP contribution in [0.25, 0.3) is 21.9 Å². The Morgan fingerprint density at radius 2 is 1.90 bits per heavy atom. The van der Waals surface area contributed by atoms with Gasteiger partial charge in [-0.05, 0) is 36.6 Å². The highest BCUT2D eigenvalue weighted by molar-refractivity contribution is 7.98. The number of carboxylic acids is 1. The van der Waals surface area contributed by atoms with Crippen LogP contribution in [0.3, 0.4) is 0 Å². The summed E-state index contributed by atoms with van der Waals surface area (Å²) in [6, 6.07) is 2.61. The minimum Gasteiger partial charge on any atom is -0.548 e. The number of amides is 1. The van der Waals surface area contributed by atoms with E-state index in [4.69, 9.17) is 8.83 Å². The van der Waals surface area contributed by atoms with E-state index in [9.17, 15) is 19.5 Å². The van der Waals surface area contributed by atoms with Crippen molar-refractivity contribution < 1.29 is 23.5 Å². The third kappa shape index (κ3) is 4.79. The lowest BCUT2D eigenvalue weighted by Crippen LogP contribution is -2.49. The number of fused-ring (bicyclic) bond motifs is 2. The molecule has 1 amide bonds. The van der Waals surface area contributed by atoms with Gasteiger partial charge in [0, 0.05) is 40.1 Å². The number of aryl methyl sites for hydroxylation is 1. The molecule has 3 rings (SSSR count). The van der Waals surface area contributed by atoms with E-state index in [1.807, 2.05) is 13.0 Å². The number of carboxylic acid groups (broad SMARTS) is 1. The Morgan fingerprint density at radius 3 is 2.52 bits per heavy atom. The summed E-state index contributed by atoms with van der Waals surface area (Å²) in [4.78, 5) is 35.9. The van der Waals surface area contributed by atoms with Gasteiger partial charge < -0.3 is 24.1 Å². The summed E-state index contributed by atoms with van der Waals surface area (Å²) in [5, 5.41) is 15.3. The van der Waals surface area contributed by atoms with Crippen LogP contribution >= 0.6 is 11.8 Å². The lowest BCUT2D eigenvalue weighted by Gasteiger charge is -2.18. The highest BCUT2D eigenvalue weighted by Gasteiger charge is 2.22. The average Bonchev–Trinajstić information content (AvgIpc) is 3.09. The van der Waals surface area contributed by atoms with Gasteiger partial charge in [0.1, 0.15) is 11.2 Å². The Morgan fingerprint density at radius 1 is 1.19 bits per heavy atom. The van der Waals surface area contributed by atoms with Gasteiger partial charge >= 0.3 is 5.63 Å². The quantitative estimate of drug-likeness (QED) is 0.558. The van der Waals surface area contributed by atoms with E-state index in [-0.39, 0.29) is 24.0 Å². The maximum atomic E-state index is 12.6. The lowest BCUT2D eigenvalue weighted by molar-refractivity contribution is -0.307. The first-order valence-electron chi connectivity index (χ1n) is 10.00. The molecule has 1 atom stereocenters. The Kier molecular flexibility index (Phi) is 6.50. The molecule has 0 radical (unpaired) electrons. The Hall–Kier alpha value is -2.74. The molecule has 0 bridgehead atoms. The van der Waals surface area contributed by atoms with Gasteiger partial charge in [0.15, 0.2) is 0 Å². The molecule has 0 aliphatic heterocycles. The summed E-state index contributed by atoms with van der Waals surface area (Å²) in [5.41, 5.74) is 2.64. The summed E-state index contributed by atoms with van der Waals surface area (Å²) in [6.07, 6.45) is 3.58. The number of carbonyl (C=O) groups excluding carboxylic acids is 2. The third-order valence-electron chi connectivity index (χ3n) is 5.34. The van der Waals surface area contributed by atoms with Crippen LogP contribution in [0.4, 0.5) is 0 Å². The minimum absolute atomic E-state index is 0.0313. The topological polar surface area (TPSA) is 113 Å². The maximum absolute atomic E-state index is 12.6. The molecular weight excluding hydrogens is 418 g/mol. The monoisotopic (exact) mass is 444 g/mol. The van der Waals surface area contributed by atoms with Gasteiger partial charge in [-0.2, -0.15) is 11.8 Å². The van der Waals surface area contributed by atoms with Crippen molar-refractivity contribution in [3.63, 3.8) is 0 Å². The SMILES string of the molecule is CSC[C@H](NC(=O)CCc1c(C)c2cc3c(C(C)(C)C)coc3cc2oc1=O)C(=O)[O-]. The predicted molar refractivity (Wildman–Crippen MR) is 119 cm³/mol. The lowest BCUT2D eigenvalue weighted by atomic mass is 9.86. The molecule has 0 aliphatic carbocycles. The van der Waals surface area contributed by atoms with Crippen LogP contribution in [0, 0.1) is 6.92 Å². The first-order chi connectivity index (χ1) is 14.5. The standard InChI is InChI=1S/C23H27NO6S/c1-12-13(6-7-20(25)24-17(11-31-5)21(26)27)22(28)30-19-9-18-15(8-14(12)19)16(10-29-18)23(2,3)4/h8-10,17H,6-7,11H2,1-5H3,(H,24,25)(H,26,27)/p-1/t17-/m0/s1. The highest BCUT2D eigenvalue weighted by Crippen LogP contribution is 2.35. The number of benzene rings is 1. The van der Waals surface area contributed by atoms with Gasteiger partial charge in [0.25, 0.3) is 0 Å². The number of nitrogens with one attached hydrogen (secondary N) is 1. The van der Waals surface area contributed by atoms with E-state index < -0.39 is 23.5 Å². The molecule has 1 aromatic carbocycles. The Labute approximate surface area is 184 Å². The number of aliphatic carboxylic acids is 1. The van der Waals surface area contributed by atoms with Crippen molar-refractivity contribution >= 4 is 45.6 Å². The van der Waals surface area contributed by atoms with E-state index in [0.717, 1.165) is 21.9 Å². The number of thioether (sulfide) groups is 1. The van der Waals surface area contributed by atoms with Crippen LogP contribution in [0.2, 0.25) is 0 Å². The molecule has 8 heteroatoms.